The van der Waals surface area contributed by atoms with Gasteiger partial charge in [0.2, 0.25) is 5.91 Å². The van der Waals surface area contributed by atoms with Crippen molar-refractivity contribution in [2.45, 2.75) is 25.4 Å². The molecule has 1 amide bonds. The summed E-state index contributed by atoms with van der Waals surface area (Å²) in [5.74, 6) is -2.20. The second kappa shape index (κ2) is 9.15. The van der Waals surface area contributed by atoms with Crippen molar-refractivity contribution in [2.75, 3.05) is 0 Å². The van der Waals surface area contributed by atoms with E-state index in [4.69, 9.17) is 0 Å². The van der Waals surface area contributed by atoms with E-state index in [2.05, 4.69) is 15.3 Å². The Morgan fingerprint density at radius 1 is 1.12 bits per heavy atom. The van der Waals surface area contributed by atoms with Gasteiger partial charge in [-0.3, -0.25) is 14.6 Å². The van der Waals surface area contributed by atoms with Crippen LogP contribution in [0.4, 0.5) is 8.78 Å². The number of nitrogens with zero attached hydrogens (tertiary/aromatic N) is 2. The van der Waals surface area contributed by atoms with E-state index in [0.29, 0.717) is 0 Å². The van der Waals surface area contributed by atoms with E-state index in [-0.39, 0.29) is 22.9 Å². The number of hydrogen-bond donors (Lipinski definition) is 2. The Morgan fingerprint density at radius 3 is 2.61 bits per heavy atom. The Balaban J connectivity index is 1.76. The molecule has 0 fully saturated rings. The van der Waals surface area contributed by atoms with Gasteiger partial charge in [0, 0.05) is 24.2 Å². The van der Waals surface area contributed by atoms with Crippen LogP contribution in [0.25, 0.3) is 10.9 Å². The summed E-state index contributed by atoms with van der Waals surface area (Å²) in [7, 11) is 0. The molecule has 2 aromatic carbocycles. The lowest BCUT2D eigenvalue weighted by molar-refractivity contribution is -0.125. The van der Waals surface area contributed by atoms with Gasteiger partial charge < -0.3 is 10.3 Å². The minimum atomic E-state index is -1.22. The Kier molecular flexibility index (Phi) is 6.12. The van der Waals surface area contributed by atoms with Crippen molar-refractivity contribution in [3.05, 3.63) is 111 Å². The van der Waals surface area contributed by atoms with E-state index in [1.165, 1.54) is 31.5 Å². The predicted octanol–water partition coefficient (Wildman–Crippen LogP) is 3.02. The summed E-state index contributed by atoms with van der Waals surface area (Å²) in [5.41, 5.74) is -0.358. The van der Waals surface area contributed by atoms with Crippen molar-refractivity contribution >= 4 is 16.8 Å². The molecule has 33 heavy (non-hydrogen) atoms. The van der Waals surface area contributed by atoms with E-state index in [1.54, 1.807) is 30.3 Å². The second-order valence-electron chi connectivity index (χ2n) is 7.63. The lowest BCUT2D eigenvalue weighted by Gasteiger charge is -2.22. The lowest BCUT2D eigenvalue weighted by Crippen LogP contribution is -2.46. The van der Waals surface area contributed by atoms with Crippen LogP contribution in [0.5, 0.6) is 0 Å². The number of nitrogens with one attached hydrogen (secondary N) is 2. The van der Waals surface area contributed by atoms with Crippen LogP contribution in [0, 0.1) is 11.6 Å². The van der Waals surface area contributed by atoms with Crippen LogP contribution in [0.1, 0.15) is 30.1 Å². The number of benzene rings is 2. The first-order chi connectivity index (χ1) is 15.8. The zero-order chi connectivity index (χ0) is 23.5. The molecule has 4 aromatic rings. The van der Waals surface area contributed by atoms with Gasteiger partial charge in [-0.05, 0) is 24.6 Å². The molecule has 9 heteroatoms. The third-order valence-corrected chi connectivity index (χ3v) is 5.40. The molecule has 0 aliphatic rings. The molecule has 0 saturated carbocycles. The van der Waals surface area contributed by atoms with Crippen LogP contribution in [0.15, 0.2) is 76.6 Å². The highest BCUT2D eigenvalue weighted by atomic mass is 19.1. The average Bonchev–Trinajstić information content (AvgIpc) is 2.79. The van der Waals surface area contributed by atoms with Gasteiger partial charge in [-0.1, -0.05) is 36.4 Å². The number of aromatic nitrogens is 3. The summed E-state index contributed by atoms with van der Waals surface area (Å²) in [5, 5.41) is 2.85. The Hall–Kier alpha value is -4.14. The number of H-pyrrole nitrogens is 1. The lowest BCUT2D eigenvalue weighted by atomic mass is 10.0. The first-order valence-electron chi connectivity index (χ1n) is 10.2. The van der Waals surface area contributed by atoms with E-state index in [9.17, 15) is 23.2 Å². The van der Waals surface area contributed by atoms with Gasteiger partial charge in [0.05, 0.1) is 23.1 Å². The Labute approximate surface area is 186 Å². The number of hydrogen-bond acceptors (Lipinski definition) is 4. The molecule has 0 spiro atoms. The largest absolute Gasteiger partial charge is 0.348 e. The minimum Gasteiger partial charge on any atom is -0.348 e. The molecule has 0 saturated heterocycles. The molecule has 2 aromatic heterocycles. The normalized spacial score (nSPS) is 12.9. The number of fused-ring (bicyclic) bond motifs is 1. The summed E-state index contributed by atoms with van der Waals surface area (Å²) in [6, 6.07) is 11.4. The fraction of sp³-hybridized carbons (Fsp3) is 0.167. The van der Waals surface area contributed by atoms with Crippen LogP contribution in [0.2, 0.25) is 0 Å². The monoisotopic (exact) mass is 450 g/mol. The Bertz CT molecular complexity index is 1430. The molecule has 0 bridgehead atoms. The molecule has 168 valence electrons. The van der Waals surface area contributed by atoms with E-state index >= 15 is 0 Å². The molecular weight excluding hydrogens is 430 g/mol. The van der Waals surface area contributed by atoms with Gasteiger partial charge in [0.1, 0.15) is 17.7 Å². The third-order valence-electron chi connectivity index (χ3n) is 5.40. The summed E-state index contributed by atoms with van der Waals surface area (Å²) in [6.45, 7) is 1.53. The molecule has 0 unspecified atom stereocenters. The SMILES string of the molecule is C[C@@H](NC(=O)[C@@H](Cc1ccccc1)n1c(=O)[nH]c2cnccc2c1=O)c1ccc(F)cc1F. The van der Waals surface area contributed by atoms with Gasteiger partial charge >= 0.3 is 5.69 Å². The topological polar surface area (TPSA) is 96.8 Å². The van der Waals surface area contributed by atoms with Gasteiger partial charge in [0.15, 0.2) is 0 Å². The van der Waals surface area contributed by atoms with Gasteiger partial charge in [-0.25, -0.2) is 18.1 Å². The van der Waals surface area contributed by atoms with Crippen LogP contribution in [0.3, 0.4) is 0 Å². The van der Waals surface area contributed by atoms with E-state index in [1.807, 2.05) is 0 Å². The van der Waals surface area contributed by atoms with Crippen molar-refractivity contribution < 1.29 is 13.6 Å². The Morgan fingerprint density at radius 2 is 1.88 bits per heavy atom. The number of halogens is 2. The number of rotatable bonds is 6. The van der Waals surface area contributed by atoms with Gasteiger partial charge in [-0.15, -0.1) is 0 Å². The molecule has 0 radical (unpaired) electrons. The van der Waals surface area contributed by atoms with E-state index in [0.717, 1.165) is 22.3 Å². The summed E-state index contributed by atoms with van der Waals surface area (Å²) < 4.78 is 28.4. The molecule has 2 heterocycles. The van der Waals surface area contributed by atoms with Crippen molar-refractivity contribution in [1.82, 2.24) is 19.9 Å². The fourth-order valence-corrected chi connectivity index (χ4v) is 3.74. The molecular formula is C24H20F2N4O3. The maximum absolute atomic E-state index is 14.2. The third kappa shape index (κ3) is 4.57. The summed E-state index contributed by atoms with van der Waals surface area (Å²) in [6.07, 6.45) is 2.82. The second-order valence-corrected chi connectivity index (χ2v) is 7.63. The zero-order valence-corrected chi connectivity index (χ0v) is 17.6. The molecule has 7 nitrogen and oxygen atoms in total. The van der Waals surface area contributed by atoms with E-state index < -0.39 is 40.9 Å². The smallest absolute Gasteiger partial charge is 0.329 e. The summed E-state index contributed by atoms with van der Waals surface area (Å²) >= 11 is 0. The minimum absolute atomic E-state index is 0.0465. The van der Waals surface area contributed by atoms with Crippen molar-refractivity contribution in [3.63, 3.8) is 0 Å². The standard InChI is InChI=1S/C24H20F2N4O3/c1-14(17-8-7-16(25)12-19(17)26)28-22(31)21(11-15-5-3-2-4-6-15)30-23(32)18-9-10-27-13-20(18)29-24(30)33/h2-10,12-14,21H,11H2,1H3,(H,28,31)(H,29,33)/t14-,21-/m1/s1. The maximum Gasteiger partial charge on any atom is 0.329 e. The van der Waals surface area contributed by atoms with Crippen molar-refractivity contribution in [3.8, 4) is 0 Å². The highest BCUT2D eigenvalue weighted by Crippen LogP contribution is 2.20. The number of aromatic amines is 1. The number of pyridine rings is 1. The quantitative estimate of drug-likeness (QED) is 0.472. The molecule has 2 atom stereocenters. The molecule has 2 N–H and O–H groups in total. The van der Waals surface area contributed by atoms with Crippen LogP contribution < -0.4 is 16.6 Å². The summed E-state index contributed by atoms with van der Waals surface area (Å²) in [4.78, 5) is 45.8. The maximum atomic E-state index is 14.2. The predicted molar refractivity (Wildman–Crippen MR) is 119 cm³/mol. The highest BCUT2D eigenvalue weighted by molar-refractivity contribution is 5.82. The fourth-order valence-electron chi connectivity index (χ4n) is 3.74. The zero-order valence-electron chi connectivity index (χ0n) is 17.6. The van der Waals surface area contributed by atoms with Gasteiger partial charge in [-0.2, -0.15) is 0 Å². The first kappa shape index (κ1) is 22.1. The van der Waals surface area contributed by atoms with Gasteiger partial charge in [0.25, 0.3) is 5.56 Å². The average molecular weight is 450 g/mol. The number of amides is 1. The highest BCUT2D eigenvalue weighted by Gasteiger charge is 2.27. The molecule has 0 aliphatic heterocycles. The van der Waals surface area contributed by atoms with Crippen LogP contribution >= 0.6 is 0 Å². The number of carbonyl (C=O) groups excluding carboxylic acids is 1. The number of carbonyl (C=O) groups is 1. The van der Waals surface area contributed by atoms with Crippen LogP contribution in [-0.2, 0) is 11.2 Å². The van der Waals surface area contributed by atoms with Crippen molar-refractivity contribution in [1.29, 1.82) is 0 Å². The van der Waals surface area contributed by atoms with Crippen LogP contribution in [-0.4, -0.2) is 20.4 Å². The molecule has 0 aliphatic carbocycles. The van der Waals surface area contributed by atoms with Crippen molar-refractivity contribution in [2.24, 2.45) is 0 Å². The first-order valence-corrected chi connectivity index (χ1v) is 10.2. The molecule has 4 rings (SSSR count).